The fourth-order valence-electron chi connectivity index (χ4n) is 2.41. The molecule has 2 heteroatoms. The summed E-state index contributed by atoms with van der Waals surface area (Å²) in [6.45, 7) is 6.85. The summed E-state index contributed by atoms with van der Waals surface area (Å²) in [5, 5.41) is 1.51. The van der Waals surface area contributed by atoms with Gasteiger partial charge in [-0.2, -0.15) is 0 Å². The molecule has 1 aliphatic rings. The first-order valence-electron chi connectivity index (χ1n) is 5.92. The molecule has 1 aromatic carbocycles. The molecule has 1 aliphatic heterocycles. The lowest BCUT2D eigenvalue weighted by molar-refractivity contribution is 0.201. The van der Waals surface area contributed by atoms with E-state index in [9.17, 15) is 0 Å². The third-order valence-corrected chi connectivity index (χ3v) is 5.84. The SMILES string of the molecule is CCCC[C@@H]1O[Si](C)(C)c2ccccc21. The van der Waals surface area contributed by atoms with Gasteiger partial charge in [0, 0.05) is 0 Å². The van der Waals surface area contributed by atoms with E-state index >= 15 is 0 Å². The number of hydrogen-bond donors (Lipinski definition) is 0. The van der Waals surface area contributed by atoms with Crippen LogP contribution in [0.25, 0.3) is 0 Å². The van der Waals surface area contributed by atoms with Gasteiger partial charge in [-0.15, -0.1) is 0 Å². The largest absolute Gasteiger partial charge is 0.406 e. The Hall–Kier alpha value is -0.603. The van der Waals surface area contributed by atoms with Crippen LogP contribution < -0.4 is 5.19 Å². The average Bonchev–Trinajstić information content (AvgIpc) is 2.49. The second-order valence-corrected chi connectivity index (χ2v) is 8.64. The summed E-state index contributed by atoms with van der Waals surface area (Å²) in [6, 6.07) is 8.78. The molecule has 2 rings (SSSR count). The fraction of sp³-hybridized carbons (Fsp3) is 0.538. The van der Waals surface area contributed by atoms with Crippen LogP contribution in [-0.2, 0) is 4.43 Å². The molecule has 0 saturated heterocycles. The molecular weight excluding hydrogens is 200 g/mol. The summed E-state index contributed by atoms with van der Waals surface area (Å²) < 4.78 is 6.26. The van der Waals surface area contributed by atoms with Crippen molar-refractivity contribution >= 4 is 13.5 Å². The summed E-state index contributed by atoms with van der Waals surface area (Å²) >= 11 is 0. The van der Waals surface area contributed by atoms with Crippen molar-refractivity contribution in [3.05, 3.63) is 29.8 Å². The monoisotopic (exact) mass is 220 g/mol. The van der Waals surface area contributed by atoms with Gasteiger partial charge in [-0.3, -0.25) is 0 Å². The molecule has 1 aromatic rings. The molecular formula is C13H20OSi. The normalized spacial score (nSPS) is 22.7. The second kappa shape index (κ2) is 4.10. The first-order valence-corrected chi connectivity index (χ1v) is 8.83. The lowest BCUT2D eigenvalue weighted by Gasteiger charge is -2.18. The molecule has 0 aromatic heterocycles. The predicted molar refractivity (Wildman–Crippen MR) is 66.9 cm³/mol. The van der Waals surface area contributed by atoms with Crippen molar-refractivity contribution < 1.29 is 4.43 Å². The van der Waals surface area contributed by atoms with Crippen LogP contribution in [0.5, 0.6) is 0 Å². The molecule has 1 nitrogen and oxygen atoms in total. The van der Waals surface area contributed by atoms with Crippen molar-refractivity contribution in [2.24, 2.45) is 0 Å². The van der Waals surface area contributed by atoms with Gasteiger partial charge in [-0.05, 0) is 30.3 Å². The van der Waals surface area contributed by atoms with E-state index in [1.165, 1.54) is 30.0 Å². The maximum atomic E-state index is 6.26. The van der Waals surface area contributed by atoms with E-state index in [0.717, 1.165) is 0 Å². The topological polar surface area (TPSA) is 9.23 Å². The average molecular weight is 220 g/mol. The van der Waals surface area contributed by atoms with Gasteiger partial charge in [-0.25, -0.2) is 0 Å². The van der Waals surface area contributed by atoms with E-state index in [2.05, 4.69) is 44.3 Å². The lowest BCUT2D eigenvalue weighted by atomic mass is 10.0. The highest BCUT2D eigenvalue weighted by Crippen LogP contribution is 2.33. The number of rotatable bonds is 3. The van der Waals surface area contributed by atoms with Gasteiger partial charge in [0.1, 0.15) is 0 Å². The molecule has 0 spiro atoms. The number of benzene rings is 1. The van der Waals surface area contributed by atoms with E-state index in [4.69, 9.17) is 4.43 Å². The fourth-order valence-corrected chi connectivity index (χ4v) is 4.93. The van der Waals surface area contributed by atoms with Gasteiger partial charge < -0.3 is 4.43 Å². The molecule has 0 radical (unpaired) electrons. The Morgan fingerprint density at radius 3 is 2.73 bits per heavy atom. The Balaban J connectivity index is 2.26. The number of hydrogen-bond acceptors (Lipinski definition) is 1. The van der Waals surface area contributed by atoms with Gasteiger partial charge in [0.15, 0.2) is 0 Å². The predicted octanol–water partition coefficient (Wildman–Crippen LogP) is 3.36. The molecule has 0 amide bonds. The molecule has 0 fully saturated rings. The van der Waals surface area contributed by atoms with Crippen molar-refractivity contribution in [2.75, 3.05) is 0 Å². The lowest BCUT2D eigenvalue weighted by Crippen LogP contribution is -2.39. The zero-order valence-electron chi connectivity index (χ0n) is 9.92. The van der Waals surface area contributed by atoms with Crippen LogP contribution in [0.2, 0.25) is 13.1 Å². The smallest absolute Gasteiger partial charge is 0.219 e. The summed E-state index contributed by atoms with van der Waals surface area (Å²) in [7, 11) is -1.57. The molecule has 1 heterocycles. The van der Waals surface area contributed by atoms with Crippen molar-refractivity contribution in [1.29, 1.82) is 0 Å². The van der Waals surface area contributed by atoms with E-state index in [-0.39, 0.29) is 0 Å². The quantitative estimate of drug-likeness (QED) is 0.710. The molecule has 1 atom stereocenters. The Labute approximate surface area is 93.6 Å². The number of unbranched alkanes of at least 4 members (excludes halogenated alkanes) is 1. The van der Waals surface area contributed by atoms with Crippen LogP contribution in [0.4, 0.5) is 0 Å². The molecule has 0 aliphatic carbocycles. The highest BCUT2D eigenvalue weighted by Gasteiger charge is 2.39. The van der Waals surface area contributed by atoms with Gasteiger partial charge in [-0.1, -0.05) is 44.0 Å². The standard InChI is InChI=1S/C13H20OSi/c1-4-5-9-12-11-8-6-7-10-13(11)15(2,3)14-12/h6-8,10,12H,4-5,9H2,1-3H3/t12-/m0/s1. The molecule has 0 unspecified atom stereocenters. The van der Waals surface area contributed by atoms with Gasteiger partial charge >= 0.3 is 0 Å². The van der Waals surface area contributed by atoms with Crippen molar-refractivity contribution in [3.8, 4) is 0 Å². The first-order chi connectivity index (χ1) is 7.15. The Morgan fingerprint density at radius 1 is 1.27 bits per heavy atom. The molecule has 0 saturated carbocycles. The van der Waals surface area contributed by atoms with Gasteiger partial charge in [0.2, 0.25) is 8.32 Å². The molecule has 0 bridgehead atoms. The Morgan fingerprint density at radius 2 is 2.00 bits per heavy atom. The van der Waals surface area contributed by atoms with E-state index < -0.39 is 8.32 Å². The molecule has 82 valence electrons. The third kappa shape index (κ3) is 2.01. The van der Waals surface area contributed by atoms with Crippen molar-refractivity contribution in [3.63, 3.8) is 0 Å². The van der Waals surface area contributed by atoms with Crippen LogP contribution in [0.3, 0.4) is 0 Å². The maximum absolute atomic E-state index is 6.26. The maximum Gasteiger partial charge on any atom is 0.219 e. The first kappa shape index (κ1) is 10.9. The Bertz CT molecular complexity index is 346. The van der Waals surface area contributed by atoms with Crippen molar-refractivity contribution in [2.45, 2.75) is 45.4 Å². The summed E-state index contributed by atoms with van der Waals surface area (Å²) in [4.78, 5) is 0. The highest BCUT2D eigenvalue weighted by atomic mass is 28.4. The minimum atomic E-state index is -1.57. The second-order valence-electron chi connectivity index (χ2n) is 4.85. The van der Waals surface area contributed by atoms with Crippen LogP contribution in [0.1, 0.15) is 37.9 Å². The van der Waals surface area contributed by atoms with Crippen LogP contribution in [0.15, 0.2) is 24.3 Å². The Kier molecular flexibility index (Phi) is 2.98. The van der Waals surface area contributed by atoms with Crippen molar-refractivity contribution in [1.82, 2.24) is 0 Å². The summed E-state index contributed by atoms with van der Waals surface area (Å²) in [6.07, 6.45) is 4.08. The highest BCUT2D eigenvalue weighted by molar-refractivity contribution is 6.85. The minimum absolute atomic E-state index is 0.378. The van der Waals surface area contributed by atoms with Gasteiger partial charge in [0.05, 0.1) is 6.10 Å². The third-order valence-electron chi connectivity index (χ3n) is 3.21. The minimum Gasteiger partial charge on any atom is -0.406 e. The molecule has 0 N–H and O–H groups in total. The van der Waals surface area contributed by atoms with Crippen LogP contribution in [-0.4, -0.2) is 8.32 Å². The summed E-state index contributed by atoms with van der Waals surface area (Å²) in [5.41, 5.74) is 1.46. The van der Waals surface area contributed by atoms with Crippen LogP contribution >= 0.6 is 0 Å². The zero-order chi connectivity index (χ0) is 10.9. The van der Waals surface area contributed by atoms with E-state index in [1.807, 2.05) is 0 Å². The van der Waals surface area contributed by atoms with Crippen LogP contribution in [0, 0.1) is 0 Å². The van der Waals surface area contributed by atoms with Gasteiger partial charge in [0.25, 0.3) is 0 Å². The molecule has 15 heavy (non-hydrogen) atoms. The number of fused-ring (bicyclic) bond motifs is 1. The van der Waals surface area contributed by atoms with E-state index in [0.29, 0.717) is 6.10 Å². The summed E-state index contributed by atoms with van der Waals surface area (Å²) in [5.74, 6) is 0. The van der Waals surface area contributed by atoms with E-state index in [1.54, 1.807) is 0 Å². The zero-order valence-corrected chi connectivity index (χ0v) is 10.9.